The van der Waals surface area contributed by atoms with E-state index in [0.29, 0.717) is 13.1 Å². The van der Waals surface area contributed by atoms with Crippen molar-refractivity contribution < 1.29 is 9.90 Å². The zero-order valence-electron chi connectivity index (χ0n) is 11.9. The molecular weight excluding hydrogens is 252 g/mol. The van der Waals surface area contributed by atoms with Gasteiger partial charge in [0.25, 0.3) is 0 Å². The standard InChI is InChI=1S/C16H24N2O2/c19-15(18-11-14-7-3-1-4-8-14)12-17-13-16(20)9-5-2-6-10-16/h1,3-4,7-8,17,20H,2,5-6,9-13H2,(H,18,19). The molecule has 1 aliphatic rings. The molecule has 1 aromatic rings. The monoisotopic (exact) mass is 276 g/mol. The molecule has 20 heavy (non-hydrogen) atoms. The molecule has 1 fully saturated rings. The van der Waals surface area contributed by atoms with Crippen molar-refractivity contribution in [2.75, 3.05) is 13.1 Å². The minimum absolute atomic E-state index is 0.0340. The summed E-state index contributed by atoms with van der Waals surface area (Å²) in [4.78, 5) is 11.7. The van der Waals surface area contributed by atoms with Crippen molar-refractivity contribution in [2.45, 2.75) is 44.2 Å². The van der Waals surface area contributed by atoms with Crippen molar-refractivity contribution in [3.8, 4) is 0 Å². The molecular formula is C16H24N2O2. The van der Waals surface area contributed by atoms with E-state index in [-0.39, 0.29) is 12.5 Å². The molecule has 0 aromatic heterocycles. The highest BCUT2D eigenvalue weighted by atomic mass is 16.3. The molecule has 0 saturated heterocycles. The fourth-order valence-electron chi connectivity index (χ4n) is 2.65. The fraction of sp³-hybridized carbons (Fsp3) is 0.562. The average Bonchev–Trinajstić information content (AvgIpc) is 2.47. The maximum Gasteiger partial charge on any atom is 0.234 e. The van der Waals surface area contributed by atoms with Gasteiger partial charge < -0.3 is 15.7 Å². The van der Waals surface area contributed by atoms with Gasteiger partial charge in [0.15, 0.2) is 0 Å². The quantitative estimate of drug-likeness (QED) is 0.739. The third-order valence-electron chi connectivity index (χ3n) is 3.86. The zero-order chi connectivity index (χ0) is 14.3. The molecule has 0 bridgehead atoms. The fourth-order valence-corrected chi connectivity index (χ4v) is 2.65. The van der Waals surface area contributed by atoms with Crippen molar-refractivity contribution >= 4 is 5.91 Å². The first kappa shape index (κ1) is 15.0. The van der Waals surface area contributed by atoms with E-state index in [0.717, 1.165) is 31.2 Å². The summed E-state index contributed by atoms with van der Waals surface area (Å²) >= 11 is 0. The molecule has 0 unspecified atom stereocenters. The molecule has 0 heterocycles. The van der Waals surface area contributed by atoms with E-state index in [2.05, 4.69) is 10.6 Å². The largest absolute Gasteiger partial charge is 0.389 e. The van der Waals surface area contributed by atoms with Crippen molar-refractivity contribution in [1.82, 2.24) is 10.6 Å². The Morgan fingerprint density at radius 2 is 1.85 bits per heavy atom. The van der Waals surface area contributed by atoms with E-state index in [1.807, 2.05) is 30.3 Å². The summed E-state index contributed by atoms with van der Waals surface area (Å²) in [5.41, 5.74) is 0.476. The average molecular weight is 276 g/mol. The summed E-state index contributed by atoms with van der Waals surface area (Å²) in [6, 6.07) is 9.84. The lowest BCUT2D eigenvalue weighted by Gasteiger charge is -2.32. The van der Waals surface area contributed by atoms with Gasteiger partial charge in [-0.25, -0.2) is 0 Å². The van der Waals surface area contributed by atoms with Gasteiger partial charge in [0.2, 0.25) is 5.91 Å². The summed E-state index contributed by atoms with van der Waals surface area (Å²) < 4.78 is 0. The molecule has 1 amide bonds. The lowest BCUT2D eigenvalue weighted by Crippen LogP contribution is -2.45. The number of carbonyl (C=O) groups is 1. The third-order valence-corrected chi connectivity index (χ3v) is 3.86. The zero-order valence-corrected chi connectivity index (χ0v) is 11.9. The van der Waals surface area contributed by atoms with Crippen LogP contribution in [0.5, 0.6) is 0 Å². The van der Waals surface area contributed by atoms with Gasteiger partial charge in [-0.05, 0) is 18.4 Å². The highest BCUT2D eigenvalue weighted by Crippen LogP contribution is 2.27. The SMILES string of the molecule is O=C(CNCC1(O)CCCCC1)NCc1ccccc1. The predicted molar refractivity (Wildman–Crippen MR) is 79.2 cm³/mol. The van der Waals surface area contributed by atoms with Crippen LogP contribution in [0.25, 0.3) is 0 Å². The number of aliphatic hydroxyl groups is 1. The van der Waals surface area contributed by atoms with Gasteiger partial charge in [-0.2, -0.15) is 0 Å². The first-order valence-electron chi connectivity index (χ1n) is 7.42. The maximum absolute atomic E-state index is 11.7. The molecule has 0 aliphatic heterocycles. The molecule has 1 aromatic carbocycles. The summed E-state index contributed by atoms with van der Waals surface area (Å²) in [6.45, 7) is 1.31. The molecule has 1 aliphatic carbocycles. The summed E-state index contributed by atoms with van der Waals surface area (Å²) in [7, 11) is 0. The van der Waals surface area contributed by atoms with Gasteiger partial charge in [0.05, 0.1) is 12.1 Å². The Morgan fingerprint density at radius 3 is 2.55 bits per heavy atom. The van der Waals surface area contributed by atoms with E-state index < -0.39 is 5.60 Å². The van der Waals surface area contributed by atoms with Gasteiger partial charge in [0, 0.05) is 13.1 Å². The van der Waals surface area contributed by atoms with Gasteiger partial charge in [0.1, 0.15) is 0 Å². The topological polar surface area (TPSA) is 61.4 Å². The van der Waals surface area contributed by atoms with E-state index in [1.165, 1.54) is 6.42 Å². The van der Waals surface area contributed by atoms with Crippen LogP contribution in [0, 0.1) is 0 Å². The van der Waals surface area contributed by atoms with Crippen LogP contribution >= 0.6 is 0 Å². The Labute approximate surface area is 120 Å². The highest BCUT2D eigenvalue weighted by molar-refractivity contribution is 5.77. The first-order valence-corrected chi connectivity index (χ1v) is 7.42. The first-order chi connectivity index (χ1) is 9.68. The highest BCUT2D eigenvalue weighted by Gasteiger charge is 2.28. The Bertz CT molecular complexity index is 414. The number of hydrogen-bond acceptors (Lipinski definition) is 3. The lowest BCUT2D eigenvalue weighted by molar-refractivity contribution is -0.120. The van der Waals surface area contributed by atoms with Crippen LogP contribution in [0.3, 0.4) is 0 Å². The number of hydrogen-bond donors (Lipinski definition) is 3. The molecule has 2 rings (SSSR count). The third kappa shape index (κ3) is 4.94. The molecule has 0 spiro atoms. The molecule has 0 radical (unpaired) electrons. The van der Waals surface area contributed by atoms with Gasteiger partial charge in [-0.15, -0.1) is 0 Å². The van der Waals surface area contributed by atoms with Crippen LogP contribution in [0.4, 0.5) is 0 Å². The molecule has 4 heteroatoms. The van der Waals surface area contributed by atoms with Crippen LogP contribution in [0.2, 0.25) is 0 Å². The Morgan fingerprint density at radius 1 is 1.15 bits per heavy atom. The summed E-state index contributed by atoms with van der Waals surface area (Å²) in [6.07, 6.45) is 5.05. The number of carbonyl (C=O) groups excluding carboxylic acids is 1. The van der Waals surface area contributed by atoms with Crippen molar-refractivity contribution in [2.24, 2.45) is 0 Å². The Kier molecular flexibility index (Phi) is 5.56. The summed E-state index contributed by atoms with van der Waals surface area (Å²) in [5.74, 6) is -0.0340. The van der Waals surface area contributed by atoms with Gasteiger partial charge in [-0.3, -0.25) is 4.79 Å². The number of nitrogens with one attached hydrogen (secondary N) is 2. The lowest BCUT2D eigenvalue weighted by atomic mass is 9.85. The van der Waals surface area contributed by atoms with E-state index >= 15 is 0 Å². The van der Waals surface area contributed by atoms with Crippen molar-refractivity contribution in [3.63, 3.8) is 0 Å². The van der Waals surface area contributed by atoms with Crippen LogP contribution in [-0.4, -0.2) is 29.7 Å². The van der Waals surface area contributed by atoms with Crippen LogP contribution in [0.15, 0.2) is 30.3 Å². The Hall–Kier alpha value is -1.39. The van der Waals surface area contributed by atoms with Crippen molar-refractivity contribution in [1.29, 1.82) is 0 Å². The van der Waals surface area contributed by atoms with E-state index in [1.54, 1.807) is 0 Å². The second-order valence-corrected chi connectivity index (χ2v) is 5.65. The molecule has 4 nitrogen and oxygen atoms in total. The molecule has 0 atom stereocenters. The number of benzene rings is 1. The minimum Gasteiger partial charge on any atom is -0.389 e. The normalized spacial score (nSPS) is 17.6. The molecule has 110 valence electrons. The summed E-state index contributed by atoms with van der Waals surface area (Å²) in [5, 5.41) is 16.2. The van der Waals surface area contributed by atoms with Gasteiger partial charge in [-0.1, -0.05) is 49.6 Å². The smallest absolute Gasteiger partial charge is 0.234 e. The second kappa shape index (κ2) is 7.41. The number of amides is 1. The van der Waals surface area contributed by atoms with Gasteiger partial charge >= 0.3 is 0 Å². The maximum atomic E-state index is 11.7. The predicted octanol–water partition coefficient (Wildman–Crippen LogP) is 1.59. The minimum atomic E-state index is -0.613. The molecule has 3 N–H and O–H groups in total. The van der Waals surface area contributed by atoms with Crippen molar-refractivity contribution in [3.05, 3.63) is 35.9 Å². The van der Waals surface area contributed by atoms with Crippen LogP contribution < -0.4 is 10.6 Å². The Balaban J connectivity index is 1.63. The second-order valence-electron chi connectivity index (χ2n) is 5.65. The number of rotatable bonds is 6. The van der Waals surface area contributed by atoms with E-state index in [9.17, 15) is 9.90 Å². The van der Waals surface area contributed by atoms with Crippen LogP contribution in [-0.2, 0) is 11.3 Å². The molecule has 1 saturated carbocycles. The van der Waals surface area contributed by atoms with Crippen LogP contribution in [0.1, 0.15) is 37.7 Å². The van der Waals surface area contributed by atoms with E-state index in [4.69, 9.17) is 0 Å².